The van der Waals surface area contributed by atoms with Gasteiger partial charge in [-0.05, 0) is 36.9 Å². The predicted octanol–water partition coefficient (Wildman–Crippen LogP) is 2.56. The summed E-state index contributed by atoms with van der Waals surface area (Å²) >= 11 is 0. The van der Waals surface area contributed by atoms with E-state index < -0.39 is 0 Å². The van der Waals surface area contributed by atoms with Crippen LogP contribution in [0, 0.1) is 5.92 Å². The van der Waals surface area contributed by atoms with Crippen molar-refractivity contribution < 1.29 is 14.6 Å². The molecule has 1 aromatic carbocycles. The van der Waals surface area contributed by atoms with Crippen LogP contribution in [-0.2, 0) is 16.6 Å². The van der Waals surface area contributed by atoms with Crippen molar-refractivity contribution in [2.24, 2.45) is 5.92 Å². The minimum atomic E-state index is -0.311. The van der Waals surface area contributed by atoms with Crippen molar-refractivity contribution in [3.05, 3.63) is 23.3 Å². The molecule has 22 heavy (non-hydrogen) atoms. The third kappa shape index (κ3) is 2.21. The summed E-state index contributed by atoms with van der Waals surface area (Å²) in [5.41, 5.74) is 1.76. The van der Waals surface area contributed by atoms with Crippen molar-refractivity contribution in [1.82, 2.24) is 5.32 Å². The highest BCUT2D eigenvalue weighted by Gasteiger charge is 2.50. The first-order valence-corrected chi connectivity index (χ1v) is 8.15. The fourth-order valence-corrected chi connectivity index (χ4v) is 4.62. The maximum atomic E-state index is 12.1. The van der Waals surface area contributed by atoms with Gasteiger partial charge in [-0.3, -0.25) is 4.79 Å². The number of ether oxygens (including phenoxy) is 1. The number of phenols is 1. The van der Waals surface area contributed by atoms with Crippen LogP contribution < -0.4 is 10.1 Å². The van der Waals surface area contributed by atoms with Gasteiger partial charge >= 0.3 is 0 Å². The summed E-state index contributed by atoms with van der Waals surface area (Å²) in [6.07, 6.45) is 2.95. The average molecular weight is 303 g/mol. The molecular weight excluding hydrogens is 278 g/mol. The first-order chi connectivity index (χ1) is 10.5. The summed E-state index contributed by atoms with van der Waals surface area (Å²) in [5.74, 6) is 1.38. The average Bonchev–Trinajstić information content (AvgIpc) is 2.46. The first-order valence-electron chi connectivity index (χ1n) is 8.15. The van der Waals surface area contributed by atoms with E-state index in [-0.39, 0.29) is 11.2 Å². The standard InChI is InChI=1S/C18H25NO3/c1-4-19-14-9-11-5-8-15(22-3)17(21)16(11)18(2)10-12(20)6-7-13(14)18/h5,8,13-14,19,21H,4,6-7,9-10H2,1-3H3/t13?,14?,18-/m1/s1. The second kappa shape index (κ2) is 5.58. The van der Waals surface area contributed by atoms with E-state index in [9.17, 15) is 9.90 Å². The molecule has 3 rings (SSSR count). The summed E-state index contributed by atoms with van der Waals surface area (Å²) in [7, 11) is 1.57. The summed E-state index contributed by atoms with van der Waals surface area (Å²) in [5, 5.41) is 14.3. The van der Waals surface area contributed by atoms with Crippen LogP contribution in [0.4, 0.5) is 0 Å². The normalized spacial score (nSPS) is 30.6. The monoisotopic (exact) mass is 303 g/mol. The molecule has 2 aliphatic carbocycles. The maximum absolute atomic E-state index is 12.1. The number of likely N-dealkylation sites (N-methyl/N-ethyl adjacent to an activating group) is 1. The summed E-state index contributed by atoms with van der Waals surface area (Å²) in [6, 6.07) is 4.23. The number of Topliss-reactive ketones (excluding diaryl/α,β-unsaturated/α-hetero) is 1. The Kier molecular flexibility index (Phi) is 3.89. The van der Waals surface area contributed by atoms with E-state index in [0.717, 1.165) is 30.5 Å². The molecule has 0 saturated heterocycles. The second-order valence-corrected chi connectivity index (χ2v) is 6.80. The molecule has 0 heterocycles. The number of nitrogens with one attached hydrogen (secondary N) is 1. The number of carbonyl (C=O) groups excluding carboxylic acids is 1. The Labute approximate surface area is 131 Å². The number of fused-ring (bicyclic) bond motifs is 3. The van der Waals surface area contributed by atoms with Crippen molar-refractivity contribution in [1.29, 1.82) is 0 Å². The Morgan fingerprint density at radius 3 is 2.91 bits per heavy atom. The van der Waals surface area contributed by atoms with Gasteiger partial charge in [-0.2, -0.15) is 0 Å². The Morgan fingerprint density at radius 2 is 2.23 bits per heavy atom. The molecular formula is C18H25NO3. The SMILES string of the molecule is CCNC1Cc2ccc(OC)c(O)c2[C@]2(C)CC(=O)CCC12. The highest BCUT2D eigenvalue weighted by Crippen LogP contribution is 2.53. The highest BCUT2D eigenvalue weighted by atomic mass is 16.5. The largest absolute Gasteiger partial charge is 0.504 e. The van der Waals surface area contributed by atoms with Crippen molar-refractivity contribution in [2.75, 3.05) is 13.7 Å². The van der Waals surface area contributed by atoms with Gasteiger partial charge in [0.15, 0.2) is 11.5 Å². The van der Waals surface area contributed by atoms with E-state index in [1.54, 1.807) is 7.11 Å². The summed E-state index contributed by atoms with van der Waals surface area (Å²) in [4.78, 5) is 12.1. The molecule has 3 atom stereocenters. The van der Waals surface area contributed by atoms with Crippen LogP contribution in [0.1, 0.15) is 44.2 Å². The molecule has 2 unspecified atom stereocenters. The van der Waals surface area contributed by atoms with E-state index in [0.29, 0.717) is 36.3 Å². The van der Waals surface area contributed by atoms with Crippen LogP contribution in [0.2, 0.25) is 0 Å². The fraction of sp³-hybridized carbons (Fsp3) is 0.611. The van der Waals surface area contributed by atoms with Gasteiger partial charge in [0.05, 0.1) is 7.11 Å². The van der Waals surface area contributed by atoms with Gasteiger partial charge in [-0.15, -0.1) is 0 Å². The van der Waals surface area contributed by atoms with Crippen LogP contribution in [0.15, 0.2) is 12.1 Å². The third-order valence-corrected chi connectivity index (χ3v) is 5.53. The molecule has 0 spiro atoms. The Morgan fingerprint density at radius 1 is 1.45 bits per heavy atom. The summed E-state index contributed by atoms with van der Waals surface area (Å²) < 4.78 is 5.29. The number of hydrogen-bond donors (Lipinski definition) is 2. The third-order valence-electron chi connectivity index (χ3n) is 5.53. The Hall–Kier alpha value is -1.55. The molecule has 0 amide bonds. The van der Waals surface area contributed by atoms with Gasteiger partial charge in [-0.25, -0.2) is 0 Å². The van der Waals surface area contributed by atoms with Crippen molar-refractivity contribution in [3.63, 3.8) is 0 Å². The minimum Gasteiger partial charge on any atom is -0.504 e. The van der Waals surface area contributed by atoms with Crippen LogP contribution in [0.25, 0.3) is 0 Å². The number of methoxy groups -OCH3 is 1. The lowest BCUT2D eigenvalue weighted by Crippen LogP contribution is -2.54. The second-order valence-electron chi connectivity index (χ2n) is 6.80. The van der Waals surface area contributed by atoms with Gasteiger partial charge in [0, 0.05) is 29.9 Å². The quantitative estimate of drug-likeness (QED) is 0.901. The van der Waals surface area contributed by atoms with Crippen molar-refractivity contribution in [3.8, 4) is 11.5 Å². The molecule has 2 N–H and O–H groups in total. The smallest absolute Gasteiger partial charge is 0.161 e. The number of aromatic hydroxyl groups is 1. The van der Waals surface area contributed by atoms with Gasteiger partial charge < -0.3 is 15.2 Å². The number of rotatable bonds is 3. The maximum Gasteiger partial charge on any atom is 0.161 e. The molecule has 0 aromatic heterocycles. The van der Waals surface area contributed by atoms with E-state index in [2.05, 4.69) is 19.2 Å². The van der Waals surface area contributed by atoms with Crippen LogP contribution in [0.3, 0.4) is 0 Å². The molecule has 0 aliphatic heterocycles. The van der Waals surface area contributed by atoms with Gasteiger partial charge in [-0.1, -0.05) is 19.9 Å². The molecule has 0 bridgehead atoms. The summed E-state index contributed by atoms with van der Waals surface area (Å²) in [6.45, 7) is 5.17. The number of hydrogen-bond acceptors (Lipinski definition) is 4. The zero-order valence-electron chi connectivity index (χ0n) is 13.6. The first kappa shape index (κ1) is 15.3. The molecule has 4 nitrogen and oxygen atoms in total. The number of benzene rings is 1. The molecule has 1 saturated carbocycles. The van der Waals surface area contributed by atoms with E-state index >= 15 is 0 Å². The lowest BCUT2D eigenvalue weighted by Gasteiger charge is -2.50. The Balaban J connectivity index is 2.15. The lowest BCUT2D eigenvalue weighted by molar-refractivity contribution is -0.123. The number of ketones is 1. The molecule has 1 fully saturated rings. The molecule has 4 heteroatoms. The number of phenolic OH excluding ortho intramolecular Hbond substituents is 1. The molecule has 1 aromatic rings. The van der Waals surface area contributed by atoms with E-state index in [1.165, 1.54) is 0 Å². The zero-order chi connectivity index (χ0) is 15.9. The van der Waals surface area contributed by atoms with Crippen molar-refractivity contribution >= 4 is 5.78 Å². The van der Waals surface area contributed by atoms with Gasteiger partial charge in [0.2, 0.25) is 0 Å². The molecule has 120 valence electrons. The van der Waals surface area contributed by atoms with Crippen LogP contribution in [-0.4, -0.2) is 30.6 Å². The van der Waals surface area contributed by atoms with Crippen LogP contribution in [0.5, 0.6) is 11.5 Å². The topological polar surface area (TPSA) is 58.6 Å². The molecule has 0 radical (unpaired) electrons. The van der Waals surface area contributed by atoms with E-state index in [4.69, 9.17) is 4.74 Å². The highest BCUT2D eigenvalue weighted by molar-refractivity contribution is 5.82. The predicted molar refractivity (Wildman–Crippen MR) is 85.5 cm³/mol. The van der Waals surface area contributed by atoms with E-state index in [1.807, 2.05) is 12.1 Å². The van der Waals surface area contributed by atoms with Crippen molar-refractivity contribution in [2.45, 2.75) is 51.0 Å². The number of carbonyl (C=O) groups is 1. The minimum absolute atomic E-state index is 0.220. The van der Waals surface area contributed by atoms with Crippen LogP contribution >= 0.6 is 0 Å². The zero-order valence-corrected chi connectivity index (χ0v) is 13.6. The lowest BCUT2D eigenvalue weighted by atomic mass is 9.56. The van der Waals surface area contributed by atoms with Gasteiger partial charge in [0.1, 0.15) is 5.78 Å². The fourth-order valence-electron chi connectivity index (χ4n) is 4.62. The Bertz CT molecular complexity index is 598. The van der Waals surface area contributed by atoms with Gasteiger partial charge in [0.25, 0.3) is 0 Å². The molecule has 2 aliphatic rings.